The summed E-state index contributed by atoms with van der Waals surface area (Å²) in [6.45, 7) is -0.162. The molecule has 1 heterocycles. The fourth-order valence-corrected chi connectivity index (χ4v) is 1.65. The summed E-state index contributed by atoms with van der Waals surface area (Å²) in [5.41, 5.74) is 1.64. The fourth-order valence-electron chi connectivity index (χ4n) is 1.49. The average Bonchev–Trinajstić information content (AvgIpc) is 2.52. The molecule has 0 spiro atoms. The van der Waals surface area contributed by atoms with Gasteiger partial charge in [-0.3, -0.25) is 4.79 Å². The third-order valence-corrected chi connectivity index (χ3v) is 2.48. The Morgan fingerprint density at radius 1 is 1.62 bits per heavy atom. The maximum absolute atomic E-state index is 10.4. The molecule has 0 atom stereocenters. The number of halogens is 1. The lowest BCUT2D eigenvalue weighted by atomic mass is 10.3. The van der Waals surface area contributed by atoms with Gasteiger partial charge in [-0.05, 0) is 18.2 Å². The molecular formula is C10H10ClN3O2. The first kappa shape index (κ1) is 10.8. The number of fused-ring (bicyclic) bond motifs is 1. The highest BCUT2D eigenvalue weighted by molar-refractivity contribution is 6.31. The molecule has 1 aromatic heterocycles. The molecule has 0 saturated heterocycles. The highest BCUT2D eigenvalue weighted by Crippen LogP contribution is 2.21. The molecule has 0 aliphatic heterocycles. The van der Waals surface area contributed by atoms with Crippen LogP contribution in [-0.2, 0) is 11.8 Å². The van der Waals surface area contributed by atoms with Gasteiger partial charge < -0.3 is 15.0 Å². The normalized spacial score (nSPS) is 10.6. The summed E-state index contributed by atoms with van der Waals surface area (Å²) in [5.74, 6) is -0.412. The number of imidazole rings is 1. The first-order chi connectivity index (χ1) is 7.58. The van der Waals surface area contributed by atoms with Crippen molar-refractivity contribution >= 4 is 34.6 Å². The van der Waals surface area contributed by atoms with Crippen molar-refractivity contribution in [3.05, 3.63) is 23.2 Å². The maximum atomic E-state index is 10.4. The first-order valence-corrected chi connectivity index (χ1v) is 5.03. The Bertz CT molecular complexity index is 550. The Morgan fingerprint density at radius 3 is 3.06 bits per heavy atom. The van der Waals surface area contributed by atoms with E-state index in [1.165, 1.54) is 0 Å². The number of rotatable bonds is 3. The number of carbonyl (C=O) groups is 1. The number of nitrogens with zero attached hydrogens (tertiary/aromatic N) is 2. The second-order valence-electron chi connectivity index (χ2n) is 3.37. The van der Waals surface area contributed by atoms with E-state index < -0.39 is 5.97 Å². The van der Waals surface area contributed by atoms with Crippen LogP contribution in [0.5, 0.6) is 0 Å². The predicted octanol–water partition coefficient (Wildman–Crippen LogP) is 1.72. The van der Waals surface area contributed by atoms with Gasteiger partial charge in [-0.15, -0.1) is 0 Å². The van der Waals surface area contributed by atoms with Crippen molar-refractivity contribution in [3.63, 3.8) is 0 Å². The molecule has 6 heteroatoms. The minimum absolute atomic E-state index is 0.162. The molecule has 2 aromatic rings. The third-order valence-electron chi connectivity index (χ3n) is 2.24. The van der Waals surface area contributed by atoms with E-state index in [1.54, 1.807) is 16.7 Å². The van der Waals surface area contributed by atoms with E-state index in [1.807, 2.05) is 13.1 Å². The van der Waals surface area contributed by atoms with Gasteiger partial charge in [0, 0.05) is 12.1 Å². The van der Waals surface area contributed by atoms with Crippen LogP contribution in [0.3, 0.4) is 0 Å². The largest absolute Gasteiger partial charge is 0.480 e. The summed E-state index contributed by atoms with van der Waals surface area (Å²) < 4.78 is 1.79. The number of aryl methyl sites for hydroxylation is 1. The van der Waals surface area contributed by atoms with Gasteiger partial charge in [-0.1, -0.05) is 11.6 Å². The van der Waals surface area contributed by atoms with Crippen LogP contribution in [0, 0.1) is 0 Å². The molecule has 16 heavy (non-hydrogen) atoms. The quantitative estimate of drug-likeness (QED) is 0.856. The Kier molecular flexibility index (Phi) is 2.70. The zero-order valence-corrected chi connectivity index (χ0v) is 9.32. The van der Waals surface area contributed by atoms with Crippen LogP contribution in [-0.4, -0.2) is 27.2 Å². The Labute approximate surface area is 96.7 Å². The number of carboxylic acid groups (broad SMARTS) is 1. The highest BCUT2D eigenvalue weighted by Gasteiger charge is 2.08. The second kappa shape index (κ2) is 4.02. The molecule has 1 aromatic carbocycles. The van der Waals surface area contributed by atoms with Gasteiger partial charge in [0.05, 0.1) is 11.0 Å². The summed E-state index contributed by atoms with van der Waals surface area (Å²) in [5, 5.41) is 11.9. The van der Waals surface area contributed by atoms with Crippen molar-refractivity contribution in [1.82, 2.24) is 9.55 Å². The zero-order chi connectivity index (χ0) is 11.7. The van der Waals surface area contributed by atoms with E-state index >= 15 is 0 Å². The topological polar surface area (TPSA) is 67.2 Å². The van der Waals surface area contributed by atoms with Crippen LogP contribution in [0.1, 0.15) is 0 Å². The Morgan fingerprint density at radius 2 is 2.38 bits per heavy atom. The maximum Gasteiger partial charge on any atom is 0.322 e. The lowest BCUT2D eigenvalue weighted by Gasteiger charge is -2.02. The summed E-state index contributed by atoms with van der Waals surface area (Å²) in [7, 11) is 1.81. The van der Waals surface area contributed by atoms with Crippen molar-refractivity contribution in [3.8, 4) is 0 Å². The Hall–Kier alpha value is -1.75. The summed E-state index contributed by atoms with van der Waals surface area (Å²) in [6.07, 6.45) is 0. The zero-order valence-electron chi connectivity index (χ0n) is 8.57. The number of benzene rings is 1. The molecule has 0 amide bonds. The summed E-state index contributed by atoms with van der Waals surface area (Å²) >= 11 is 5.84. The number of hydrogen-bond donors (Lipinski definition) is 2. The number of carboxylic acids is 1. The molecule has 5 nitrogen and oxygen atoms in total. The van der Waals surface area contributed by atoms with E-state index in [0.717, 1.165) is 11.0 Å². The monoisotopic (exact) mass is 239 g/mol. The van der Waals surface area contributed by atoms with E-state index in [4.69, 9.17) is 16.7 Å². The van der Waals surface area contributed by atoms with E-state index in [-0.39, 0.29) is 6.54 Å². The van der Waals surface area contributed by atoms with Gasteiger partial charge >= 0.3 is 5.97 Å². The van der Waals surface area contributed by atoms with Crippen molar-refractivity contribution < 1.29 is 9.90 Å². The van der Waals surface area contributed by atoms with Crippen LogP contribution in [0.15, 0.2) is 18.2 Å². The van der Waals surface area contributed by atoms with E-state index in [9.17, 15) is 4.79 Å². The average molecular weight is 240 g/mol. The molecule has 2 rings (SSSR count). The SMILES string of the molecule is Cn1c(NCC(=O)O)nc2cc(Cl)ccc21. The molecule has 0 fully saturated rings. The minimum Gasteiger partial charge on any atom is -0.480 e. The van der Waals surface area contributed by atoms with Crippen molar-refractivity contribution in [1.29, 1.82) is 0 Å². The Balaban J connectivity index is 2.39. The van der Waals surface area contributed by atoms with E-state index in [2.05, 4.69) is 10.3 Å². The van der Waals surface area contributed by atoms with Crippen LogP contribution in [0.4, 0.5) is 5.95 Å². The molecule has 0 aliphatic rings. The van der Waals surface area contributed by atoms with Crippen LogP contribution >= 0.6 is 11.6 Å². The molecule has 0 radical (unpaired) electrons. The van der Waals surface area contributed by atoms with Crippen LogP contribution in [0.25, 0.3) is 11.0 Å². The molecule has 0 unspecified atom stereocenters. The standard InChI is InChI=1S/C10H10ClN3O2/c1-14-8-3-2-6(11)4-7(8)13-10(14)12-5-9(15)16/h2-4H,5H2,1H3,(H,12,13)(H,15,16). The molecule has 84 valence electrons. The van der Waals surface area contributed by atoms with Gasteiger partial charge in [0.2, 0.25) is 5.95 Å². The lowest BCUT2D eigenvalue weighted by molar-refractivity contribution is -0.134. The van der Waals surface area contributed by atoms with Crippen molar-refractivity contribution in [2.45, 2.75) is 0 Å². The number of nitrogens with one attached hydrogen (secondary N) is 1. The molecular weight excluding hydrogens is 230 g/mol. The van der Waals surface area contributed by atoms with Crippen LogP contribution in [0.2, 0.25) is 5.02 Å². The second-order valence-corrected chi connectivity index (χ2v) is 3.81. The summed E-state index contributed by atoms with van der Waals surface area (Å²) in [6, 6.07) is 5.35. The number of hydrogen-bond acceptors (Lipinski definition) is 3. The summed E-state index contributed by atoms with van der Waals surface area (Å²) in [4.78, 5) is 14.7. The third kappa shape index (κ3) is 1.94. The van der Waals surface area contributed by atoms with Gasteiger partial charge in [-0.2, -0.15) is 0 Å². The van der Waals surface area contributed by atoms with Gasteiger partial charge in [0.15, 0.2) is 0 Å². The van der Waals surface area contributed by atoms with Crippen molar-refractivity contribution in [2.24, 2.45) is 7.05 Å². The van der Waals surface area contributed by atoms with Crippen molar-refractivity contribution in [2.75, 3.05) is 11.9 Å². The number of anilines is 1. The molecule has 2 N–H and O–H groups in total. The molecule has 0 aliphatic carbocycles. The predicted molar refractivity (Wildman–Crippen MR) is 61.8 cm³/mol. The molecule has 0 bridgehead atoms. The highest BCUT2D eigenvalue weighted by atomic mass is 35.5. The number of aliphatic carboxylic acids is 1. The van der Waals surface area contributed by atoms with Gasteiger partial charge in [-0.25, -0.2) is 4.98 Å². The van der Waals surface area contributed by atoms with Gasteiger partial charge in [0.25, 0.3) is 0 Å². The minimum atomic E-state index is -0.926. The lowest BCUT2D eigenvalue weighted by Crippen LogP contribution is -2.14. The fraction of sp³-hybridized carbons (Fsp3) is 0.200. The smallest absolute Gasteiger partial charge is 0.322 e. The van der Waals surface area contributed by atoms with Gasteiger partial charge in [0.1, 0.15) is 6.54 Å². The van der Waals surface area contributed by atoms with E-state index in [0.29, 0.717) is 11.0 Å². The first-order valence-electron chi connectivity index (χ1n) is 4.65. The van der Waals surface area contributed by atoms with Crippen LogP contribution < -0.4 is 5.32 Å². The number of aromatic nitrogens is 2. The molecule has 0 saturated carbocycles.